The summed E-state index contributed by atoms with van der Waals surface area (Å²) in [4.78, 5) is 0. The molecule has 0 aliphatic rings. The molecule has 0 saturated carbocycles. The molecule has 0 aliphatic carbocycles. The lowest BCUT2D eigenvalue weighted by molar-refractivity contribution is 0.707. The van der Waals surface area contributed by atoms with E-state index >= 15 is 0 Å². The van der Waals surface area contributed by atoms with Crippen LogP contribution in [0.5, 0.6) is 0 Å². The SMILES string of the molecule is CC[Si](CC)(CC)CCCCCc1ccc(-c2ccc(C#N)cc2)cc1. The Labute approximate surface area is 161 Å². The zero-order chi connectivity index (χ0) is 18.8. The van der Waals surface area contributed by atoms with Crippen molar-refractivity contribution in [1.29, 1.82) is 5.26 Å². The second-order valence-electron chi connectivity index (χ2n) is 7.51. The van der Waals surface area contributed by atoms with E-state index in [1.165, 1.54) is 66.6 Å². The van der Waals surface area contributed by atoms with Crippen LogP contribution in [0.15, 0.2) is 48.5 Å². The zero-order valence-electron chi connectivity index (χ0n) is 16.7. The Bertz CT molecular complexity index is 682. The molecular weight excluding hydrogens is 330 g/mol. The summed E-state index contributed by atoms with van der Waals surface area (Å²) in [5.74, 6) is 0. The molecule has 0 atom stereocenters. The summed E-state index contributed by atoms with van der Waals surface area (Å²) in [6, 6.07) is 24.8. The first-order valence-corrected chi connectivity index (χ1v) is 13.1. The predicted molar refractivity (Wildman–Crippen MR) is 116 cm³/mol. The first-order chi connectivity index (χ1) is 12.7. The Kier molecular flexibility index (Phi) is 8.13. The fourth-order valence-electron chi connectivity index (χ4n) is 3.89. The van der Waals surface area contributed by atoms with Crippen molar-refractivity contribution in [2.45, 2.75) is 70.6 Å². The number of hydrogen-bond acceptors (Lipinski definition) is 1. The smallest absolute Gasteiger partial charge is 0.0991 e. The maximum Gasteiger partial charge on any atom is 0.0991 e. The number of hydrogen-bond donors (Lipinski definition) is 0. The lowest BCUT2D eigenvalue weighted by atomic mass is 10.0. The van der Waals surface area contributed by atoms with E-state index in [1.807, 2.05) is 24.3 Å². The normalized spacial score (nSPS) is 11.3. The standard InChI is InChI=1S/C24H33NSi/c1-4-26(5-2,6-3)19-9-7-8-10-21-11-15-23(16-12-21)24-17-13-22(20-25)14-18-24/h11-18H,4-10,19H2,1-3H3. The van der Waals surface area contributed by atoms with Crippen LogP contribution in [-0.2, 0) is 6.42 Å². The van der Waals surface area contributed by atoms with E-state index in [-0.39, 0.29) is 0 Å². The summed E-state index contributed by atoms with van der Waals surface area (Å²) >= 11 is 0. The molecule has 0 radical (unpaired) electrons. The Morgan fingerprint density at radius 1 is 0.731 bits per heavy atom. The van der Waals surface area contributed by atoms with Gasteiger partial charge in [-0.2, -0.15) is 5.26 Å². The van der Waals surface area contributed by atoms with Crippen LogP contribution in [0, 0.1) is 11.3 Å². The fourth-order valence-corrected chi connectivity index (χ4v) is 7.45. The molecular formula is C24H33NSi. The maximum atomic E-state index is 8.89. The number of benzene rings is 2. The molecule has 138 valence electrons. The number of rotatable bonds is 10. The zero-order valence-corrected chi connectivity index (χ0v) is 17.7. The molecule has 0 N–H and O–H groups in total. The number of unbranched alkanes of at least 4 members (excludes halogenated alkanes) is 2. The van der Waals surface area contributed by atoms with Crippen molar-refractivity contribution in [2.75, 3.05) is 0 Å². The van der Waals surface area contributed by atoms with E-state index in [9.17, 15) is 0 Å². The van der Waals surface area contributed by atoms with E-state index < -0.39 is 8.07 Å². The number of aryl methyl sites for hydroxylation is 1. The van der Waals surface area contributed by atoms with Gasteiger partial charge in [0.15, 0.2) is 0 Å². The van der Waals surface area contributed by atoms with Crippen LogP contribution in [-0.4, -0.2) is 8.07 Å². The van der Waals surface area contributed by atoms with Crippen LogP contribution < -0.4 is 0 Å². The van der Waals surface area contributed by atoms with Crippen molar-refractivity contribution >= 4 is 8.07 Å². The largest absolute Gasteiger partial charge is 0.192 e. The summed E-state index contributed by atoms with van der Waals surface area (Å²) in [6.45, 7) is 7.23. The third-order valence-corrected chi connectivity index (χ3v) is 12.1. The highest BCUT2D eigenvalue weighted by Crippen LogP contribution is 2.28. The maximum absolute atomic E-state index is 8.89. The molecule has 2 heteroatoms. The number of nitrogens with zero attached hydrogens (tertiary/aromatic N) is 1. The highest BCUT2D eigenvalue weighted by Gasteiger charge is 2.25. The summed E-state index contributed by atoms with van der Waals surface area (Å²) < 4.78 is 0. The van der Waals surface area contributed by atoms with Crippen molar-refractivity contribution in [1.82, 2.24) is 0 Å². The molecule has 0 aliphatic heterocycles. The topological polar surface area (TPSA) is 23.8 Å². The van der Waals surface area contributed by atoms with Crippen molar-refractivity contribution in [3.63, 3.8) is 0 Å². The van der Waals surface area contributed by atoms with E-state index in [0.29, 0.717) is 5.56 Å². The Morgan fingerprint density at radius 2 is 1.27 bits per heavy atom. The third-order valence-electron chi connectivity index (χ3n) is 6.22. The average Bonchev–Trinajstić information content (AvgIpc) is 2.72. The van der Waals surface area contributed by atoms with Crippen molar-refractivity contribution < 1.29 is 0 Å². The van der Waals surface area contributed by atoms with Crippen LogP contribution in [0.25, 0.3) is 11.1 Å². The molecule has 0 heterocycles. The monoisotopic (exact) mass is 363 g/mol. The minimum atomic E-state index is -0.919. The molecule has 0 spiro atoms. The van der Waals surface area contributed by atoms with E-state index in [0.717, 1.165) is 0 Å². The molecule has 26 heavy (non-hydrogen) atoms. The molecule has 1 nitrogen and oxygen atoms in total. The van der Waals surface area contributed by atoms with E-state index in [4.69, 9.17) is 5.26 Å². The summed E-state index contributed by atoms with van der Waals surface area (Å²) in [6.07, 6.45) is 5.28. The van der Waals surface area contributed by atoms with E-state index in [2.05, 4.69) is 51.1 Å². The van der Waals surface area contributed by atoms with Gasteiger partial charge in [-0.15, -0.1) is 0 Å². The second-order valence-corrected chi connectivity index (χ2v) is 13.1. The summed E-state index contributed by atoms with van der Waals surface area (Å²) in [7, 11) is -0.919. The lowest BCUT2D eigenvalue weighted by Gasteiger charge is -2.28. The van der Waals surface area contributed by atoms with Crippen LogP contribution in [0.1, 0.15) is 51.2 Å². The lowest BCUT2D eigenvalue weighted by Crippen LogP contribution is -2.30. The van der Waals surface area contributed by atoms with Gasteiger partial charge in [0, 0.05) is 0 Å². The average molecular weight is 364 g/mol. The molecule has 2 rings (SSSR count). The molecule has 0 saturated heterocycles. The highest BCUT2D eigenvalue weighted by molar-refractivity contribution is 6.79. The summed E-state index contributed by atoms with van der Waals surface area (Å²) in [5.41, 5.74) is 4.55. The minimum Gasteiger partial charge on any atom is -0.192 e. The Balaban J connectivity index is 1.79. The van der Waals surface area contributed by atoms with Gasteiger partial charge in [-0.25, -0.2) is 0 Å². The first-order valence-electron chi connectivity index (χ1n) is 10.3. The van der Waals surface area contributed by atoms with Crippen LogP contribution >= 0.6 is 0 Å². The van der Waals surface area contributed by atoms with Gasteiger partial charge in [0.2, 0.25) is 0 Å². The molecule has 0 aromatic heterocycles. The summed E-state index contributed by atoms with van der Waals surface area (Å²) in [5, 5.41) is 8.89. The molecule has 2 aromatic carbocycles. The van der Waals surface area contributed by atoms with Crippen LogP contribution in [0.3, 0.4) is 0 Å². The molecule has 2 aromatic rings. The van der Waals surface area contributed by atoms with Crippen molar-refractivity contribution in [3.8, 4) is 17.2 Å². The second kappa shape index (κ2) is 10.3. The van der Waals surface area contributed by atoms with Crippen LogP contribution in [0.4, 0.5) is 0 Å². The Hall–Kier alpha value is -1.85. The number of nitriles is 1. The van der Waals surface area contributed by atoms with Crippen LogP contribution in [0.2, 0.25) is 24.2 Å². The van der Waals surface area contributed by atoms with Gasteiger partial charge in [-0.1, -0.05) is 94.2 Å². The highest BCUT2D eigenvalue weighted by atomic mass is 28.3. The Morgan fingerprint density at radius 3 is 1.77 bits per heavy atom. The van der Waals surface area contributed by atoms with Gasteiger partial charge < -0.3 is 0 Å². The first kappa shape index (κ1) is 20.5. The molecule has 0 unspecified atom stereocenters. The van der Waals surface area contributed by atoms with E-state index in [1.54, 1.807) is 0 Å². The molecule has 0 amide bonds. The molecule has 0 bridgehead atoms. The van der Waals surface area contributed by atoms with Gasteiger partial charge >= 0.3 is 0 Å². The van der Waals surface area contributed by atoms with Gasteiger partial charge in [-0.05, 0) is 41.7 Å². The quantitative estimate of drug-likeness (QED) is 0.318. The van der Waals surface area contributed by atoms with Crippen molar-refractivity contribution in [2.24, 2.45) is 0 Å². The third kappa shape index (κ3) is 5.58. The van der Waals surface area contributed by atoms with Gasteiger partial charge in [-0.3, -0.25) is 0 Å². The van der Waals surface area contributed by atoms with Gasteiger partial charge in [0.05, 0.1) is 19.7 Å². The predicted octanol–water partition coefficient (Wildman–Crippen LogP) is 7.45. The van der Waals surface area contributed by atoms with Gasteiger partial charge in [0.25, 0.3) is 0 Å². The van der Waals surface area contributed by atoms with Crippen molar-refractivity contribution in [3.05, 3.63) is 59.7 Å². The van der Waals surface area contributed by atoms with Gasteiger partial charge in [0.1, 0.15) is 0 Å². The molecule has 0 fully saturated rings. The minimum absolute atomic E-state index is 0.715. The fraction of sp³-hybridized carbons (Fsp3) is 0.458.